The van der Waals surface area contributed by atoms with Crippen molar-refractivity contribution in [3.63, 3.8) is 0 Å². The average molecular weight is 805 g/mol. The van der Waals surface area contributed by atoms with Crippen LogP contribution in [0.15, 0.2) is 203 Å². The molecule has 292 valence electrons. The monoisotopic (exact) mass is 804 g/mol. The summed E-state index contributed by atoms with van der Waals surface area (Å²) in [5.74, 6) is 1.71. The SMILES string of the molecule is c1ccc(-c2nc(-c3ccc4c(c3)oc3ccccc34)nc(-c3ccc4c(c3)oc3c5ccccc5c(-n5c6cc7ccccc7cc6c6ccc7ccccc7c65)cc43)n2)cc1. The molecule has 0 N–H and O–H groups in total. The summed E-state index contributed by atoms with van der Waals surface area (Å²) in [7, 11) is 0. The summed E-state index contributed by atoms with van der Waals surface area (Å²) >= 11 is 0. The Morgan fingerprint density at radius 1 is 0.317 bits per heavy atom. The second-order valence-electron chi connectivity index (χ2n) is 16.3. The summed E-state index contributed by atoms with van der Waals surface area (Å²) < 4.78 is 15.7. The molecule has 0 atom stereocenters. The second-order valence-corrected chi connectivity index (χ2v) is 16.3. The van der Waals surface area contributed by atoms with Crippen molar-refractivity contribution in [1.82, 2.24) is 19.5 Å². The number of hydrogen-bond acceptors (Lipinski definition) is 5. The van der Waals surface area contributed by atoms with Crippen LogP contribution in [0.4, 0.5) is 0 Å². The molecule has 0 amide bonds. The van der Waals surface area contributed by atoms with Gasteiger partial charge in [-0.3, -0.25) is 0 Å². The van der Waals surface area contributed by atoms with Gasteiger partial charge in [0, 0.05) is 65.2 Å². The number of hydrogen-bond donors (Lipinski definition) is 0. The Hall–Kier alpha value is -8.61. The average Bonchev–Trinajstić information content (AvgIpc) is 4.02. The Morgan fingerprint density at radius 3 is 1.63 bits per heavy atom. The number of rotatable bonds is 4. The molecule has 0 radical (unpaired) electrons. The Labute approximate surface area is 358 Å². The van der Waals surface area contributed by atoms with Crippen molar-refractivity contribution in [3.05, 3.63) is 194 Å². The molecular weight excluding hydrogens is 773 g/mol. The smallest absolute Gasteiger partial charge is 0.164 e. The molecule has 0 unspecified atom stereocenters. The van der Waals surface area contributed by atoms with Gasteiger partial charge in [0.15, 0.2) is 17.5 Å². The number of fused-ring (bicyclic) bond motifs is 14. The predicted octanol–water partition coefficient (Wildman–Crippen LogP) is 15.2. The van der Waals surface area contributed by atoms with E-state index in [1.807, 2.05) is 54.6 Å². The van der Waals surface area contributed by atoms with Crippen LogP contribution < -0.4 is 0 Å². The topological polar surface area (TPSA) is 69.9 Å². The molecule has 0 fully saturated rings. The molecule has 10 aromatic carbocycles. The lowest BCUT2D eigenvalue weighted by atomic mass is 10.0. The molecule has 14 rings (SSSR count). The third-order valence-electron chi connectivity index (χ3n) is 12.8. The van der Waals surface area contributed by atoms with Crippen LogP contribution in [0.5, 0.6) is 0 Å². The Balaban J connectivity index is 0.992. The quantitative estimate of drug-likeness (QED) is 0.177. The molecule has 0 aliphatic carbocycles. The molecule has 0 bridgehead atoms. The van der Waals surface area contributed by atoms with E-state index in [1.165, 1.54) is 43.4 Å². The molecule has 0 aliphatic rings. The number of aromatic nitrogens is 4. The highest BCUT2D eigenvalue weighted by atomic mass is 16.3. The van der Waals surface area contributed by atoms with Gasteiger partial charge in [0.05, 0.1) is 16.7 Å². The molecule has 0 spiro atoms. The fourth-order valence-corrected chi connectivity index (χ4v) is 9.83. The van der Waals surface area contributed by atoms with Crippen LogP contribution in [0.25, 0.3) is 138 Å². The molecule has 4 aromatic heterocycles. The van der Waals surface area contributed by atoms with E-state index in [9.17, 15) is 0 Å². The highest BCUT2D eigenvalue weighted by Gasteiger charge is 2.22. The molecule has 0 saturated heterocycles. The predicted molar refractivity (Wildman–Crippen MR) is 258 cm³/mol. The van der Waals surface area contributed by atoms with Crippen molar-refractivity contribution in [2.75, 3.05) is 0 Å². The standard InChI is InChI=1S/C57H32N4O2/c1-2-13-34(14-3-1)55-58-56(37-23-25-42-41-19-10-11-21-50(41)62-51(42)30-37)60-57(59-55)38-24-26-43-47-32-49(40-18-8-9-20-45(40)54(47)63-52(43)31-38)61-48-29-36-16-5-4-15-35(36)28-46(48)44-27-22-33-12-6-7-17-39(33)53(44)61/h1-32H. The summed E-state index contributed by atoms with van der Waals surface area (Å²) in [4.78, 5) is 15.2. The third-order valence-corrected chi connectivity index (χ3v) is 12.8. The minimum Gasteiger partial charge on any atom is -0.456 e. The van der Waals surface area contributed by atoms with Crippen LogP contribution in [0.3, 0.4) is 0 Å². The lowest BCUT2D eigenvalue weighted by molar-refractivity contribution is 0.669. The molecular formula is C57H32N4O2. The molecule has 4 heterocycles. The Morgan fingerprint density at radius 2 is 0.873 bits per heavy atom. The normalized spacial score (nSPS) is 12.1. The molecule has 6 heteroatoms. The van der Waals surface area contributed by atoms with E-state index in [0.29, 0.717) is 17.5 Å². The lowest BCUT2D eigenvalue weighted by Crippen LogP contribution is -2.00. The van der Waals surface area contributed by atoms with Crippen LogP contribution in [-0.2, 0) is 0 Å². The summed E-state index contributed by atoms with van der Waals surface area (Å²) in [5.41, 5.74) is 9.28. The molecule has 0 saturated carbocycles. The van der Waals surface area contributed by atoms with E-state index < -0.39 is 0 Å². The van der Waals surface area contributed by atoms with Crippen LogP contribution in [0, 0.1) is 0 Å². The molecule has 14 aromatic rings. The first kappa shape index (κ1) is 34.1. The molecule has 6 nitrogen and oxygen atoms in total. The van der Waals surface area contributed by atoms with Gasteiger partial charge in [0.1, 0.15) is 22.3 Å². The van der Waals surface area contributed by atoms with E-state index in [-0.39, 0.29) is 0 Å². The summed E-state index contributed by atoms with van der Waals surface area (Å²) in [6.07, 6.45) is 0. The summed E-state index contributed by atoms with van der Waals surface area (Å²) in [6.45, 7) is 0. The zero-order chi connectivity index (χ0) is 41.2. The van der Waals surface area contributed by atoms with Gasteiger partial charge >= 0.3 is 0 Å². The maximum Gasteiger partial charge on any atom is 0.164 e. The van der Waals surface area contributed by atoms with Gasteiger partial charge in [-0.2, -0.15) is 0 Å². The lowest BCUT2D eigenvalue weighted by Gasteiger charge is -2.14. The molecule has 0 aliphatic heterocycles. The number of furan rings is 2. The maximum absolute atomic E-state index is 6.92. The first-order valence-corrected chi connectivity index (χ1v) is 21.2. The third kappa shape index (κ3) is 5.09. The summed E-state index contributed by atoms with van der Waals surface area (Å²) in [5, 5.41) is 13.7. The number of para-hydroxylation sites is 1. The van der Waals surface area contributed by atoms with Gasteiger partial charge in [-0.05, 0) is 64.7 Å². The number of benzene rings is 10. The highest BCUT2D eigenvalue weighted by molar-refractivity contribution is 6.23. The van der Waals surface area contributed by atoms with Gasteiger partial charge < -0.3 is 13.4 Å². The van der Waals surface area contributed by atoms with Crippen molar-refractivity contribution < 1.29 is 8.83 Å². The zero-order valence-electron chi connectivity index (χ0n) is 33.6. The van der Waals surface area contributed by atoms with E-state index in [2.05, 4.69) is 144 Å². The van der Waals surface area contributed by atoms with Gasteiger partial charge in [-0.15, -0.1) is 0 Å². The highest BCUT2D eigenvalue weighted by Crippen LogP contribution is 2.44. The van der Waals surface area contributed by atoms with Crippen LogP contribution in [-0.4, -0.2) is 19.5 Å². The second kappa shape index (κ2) is 12.9. The van der Waals surface area contributed by atoms with E-state index in [4.69, 9.17) is 23.8 Å². The largest absolute Gasteiger partial charge is 0.456 e. The van der Waals surface area contributed by atoms with Gasteiger partial charge in [-0.1, -0.05) is 146 Å². The van der Waals surface area contributed by atoms with E-state index in [0.717, 1.165) is 77.0 Å². The Kier molecular flexibility index (Phi) is 7.02. The van der Waals surface area contributed by atoms with Crippen LogP contribution in [0.1, 0.15) is 0 Å². The maximum atomic E-state index is 6.92. The van der Waals surface area contributed by atoms with Crippen LogP contribution >= 0.6 is 0 Å². The fraction of sp³-hybridized carbons (Fsp3) is 0. The minimum absolute atomic E-state index is 0.556. The van der Waals surface area contributed by atoms with Crippen LogP contribution in [0.2, 0.25) is 0 Å². The van der Waals surface area contributed by atoms with Crippen molar-refractivity contribution in [2.45, 2.75) is 0 Å². The van der Waals surface area contributed by atoms with Gasteiger partial charge in [-0.25, -0.2) is 15.0 Å². The van der Waals surface area contributed by atoms with Crippen molar-refractivity contribution >= 4 is 98.0 Å². The first-order valence-electron chi connectivity index (χ1n) is 21.2. The Bertz CT molecular complexity index is 4220. The van der Waals surface area contributed by atoms with Crippen molar-refractivity contribution in [1.29, 1.82) is 0 Å². The van der Waals surface area contributed by atoms with Crippen molar-refractivity contribution in [2.24, 2.45) is 0 Å². The zero-order valence-corrected chi connectivity index (χ0v) is 33.6. The van der Waals surface area contributed by atoms with Crippen molar-refractivity contribution in [3.8, 4) is 39.9 Å². The van der Waals surface area contributed by atoms with E-state index in [1.54, 1.807) is 0 Å². The van der Waals surface area contributed by atoms with Gasteiger partial charge in [0.25, 0.3) is 0 Å². The van der Waals surface area contributed by atoms with Gasteiger partial charge in [0.2, 0.25) is 0 Å². The molecule has 63 heavy (non-hydrogen) atoms. The minimum atomic E-state index is 0.556. The van der Waals surface area contributed by atoms with E-state index >= 15 is 0 Å². The summed E-state index contributed by atoms with van der Waals surface area (Å²) in [6, 6.07) is 68.1. The number of nitrogens with zero attached hydrogens (tertiary/aromatic N) is 4. The fourth-order valence-electron chi connectivity index (χ4n) is 9.83. The first-order chi connectivity index (χ1) is 31.2.